The van der Waals surface area contributed by atoms with Crippen LogP contribution in [0.3, 0.4) is 0 Å². The molecule has 0 aromatic heterocycles. The van der Waals surface area contributed by atoms with Crippen LogP contribution in [0, 0.1) is 0 Å². The van der Waals surface area contributed by atoms with E-state index in [4.69, 9.17) is 9.47 Å². The molecule has 0 unspecified atom stereocenters. The molecule has 3 rings (SSSR count). The van der Waals surface area contributed by atoms with Gasteiger partial charge in [0.2, 0.25) is 6.79 Å². The van der Waals surface area contributed by atoms with E-state index in [1.54, 1.807) is 0 Å². The van der Waals surface area contributed by atoms with E-state index in [0.717, 1.165) is 29.9 Å². The highest BCUT2D eigenvalue weighted by Crippen LogP contribution is 2.32. The summed E-state index contributed by atoms with van der Waals surface area (Å²) < 4.78 is 10.8. The molecule has 0 bridgehead atoms. The third-order valence-electron chi connectivity index (χ3n) is 4.00. The molecule has 25 heavy (non-hydrogen) atoms. The van der Waals surface area contributed by atoms with Gasteiger partial charge < -0.3 is 20.1 Å². The van der Waals surface area contributed by atoms with E-state index < -0.39 is 0 Å². The predicted octanol–water partition coefficient (Wildman–Crippen LogP) is 3.28. The number of amides is 2. The Labute approximate surface area is 148 Å². The van der Waals surface area contributed by atoms with Crippen LogP contribution in [-0.2, 0) is 12.8 Å². The van der Waals surface area contributed by atoms with Gasteiger partial charge in [0.05, 0.1) is 0 Å². The summed E-state index contributed by atoms with van der Waals surface area (Å²) in [5.74, 6) is 1.54. The normalized spacial score (nSPS) is 13.6. The van der Waals surface area contributed by atoms with E-state index in [1.165, 1.54) is 5.56 Å². The second kappa shape index (κ2) is 7.92. The number of hydrogen-bond acceptors (Lipinski definition) is 3. The van der Waals surface area contributed by atoms with Crippen molar-refractivity contribution in [3.8, 4) is 11.5 Å². The number of nitrogens with one attached hydrogen (secondary N) is 2. The molecule has 2 aromatic carbocycles. The van der Waals surface area contributed by atoms with Gasteiger partial charge in [-0.3, -0.25) is 0 Å². The Morgan fingerprint density at radius 3 is 2.44 bits per heavy atom. The first-order chi connectivity index (χ1) is 12.1. The van der Waals surface area contributed by atoms with E-state index in [1.807, 2.05) is 50.2 Å². The van der Waals surface area contributed by atoms with Crippen LogP contribution in [0.5, 0.6) is 11.5 Å². The number of hydrogen-bond donors (Lipinski definition) is 2. The molecule has 1 atom stereocenters. The first kappa shape index (κ1) is 17.1. The van der Waals surface area contributed by atoms with Gasteiger partial charge in [0, 0.05) is 12.1 Å². The van der Waals surface area contributed by atoms with Gasteiger partial charge >= 0.3 is 6.03 Å². The Kier molecular flexibility index (Phi) is 5.43. The number of carbonyl (C=O) groups excluding carboxylic acids is 1. The van der Waals surface area contributed by atoms with Crippen molar-refractivity contribution in [1.82, 2.24) is 10.6 Å². The zero-order valence-corrected chi connectivity index (χ0v) is 14.6. The van der Waals surface area contributed by atoms with E-state index in [0.29, 0.717) is 0 Å². The van der Waals surface area contributed by atoms with Gasteiger partial charge in [0.15, 0.2) is 11.5 Å². The van der Waals surface area contributed by atoms with Crippen molar-refractivity contribution in [2.24, 2.45) is 0 Å². The van der Waals surface area contributed by atoms with Gasteiger partial charge in [-0.05, 0) is 49.9 Å². The van der Waals surface area contributed by atoms with Gasteiger partial charge in [0.1, 0.15) is 0 Å². The molecule has 0 aliphatic carbocycles. The lowest BCUT2D eigenvalue weighted by atomic mass is 9.98. The maximum absolute atomic E-state index is 12.2. The summed E-state index contributed by atoms with van der Waals surface area (Å²) in [4.78, 5) is 12.2. The summed E-state index contributed by atoms with van der Waals surface area (Å²) >= 11 is 0. The first-order valence-electron chi connectivity index (χ1n) is 8.59. The topological polar surface area (TPSA) is 59.6 Å². The minimum Gasteiger partial charge on any atom is -0.454 e. The lowest BCUT2D eigenvalue weighted by Crippen LogP contribution is -2.46. The predicted molar refractivity (Wildman–Crippen MR) is 97.0 cm³/mol. The summed E-state index contributed by atoms with van der Waals surface area (Å²) in [6.07, 6.45) is 1.48. The van der Waals surface area contributed by atoms with E-state index in [9.17, 15) is 4.79 Å². The lowest BCUT2D eigenvalue weighted by Gasteiger charge is -2.20. The monoisotopic (exact) mass is 340 g/mol. The molecule has 5 heteroatoms. The number of rotatable bonds is 6. The van der Waals surface area contributed by atoms with Gasteiger partial charge in [0.25, 0.3) is 0 Å². The number of carbonyl (C=O) groups is 1. The molecule has 0 saturated carbocycles. The Balaban J connectivity index is 1.72. The zero-order chi connectivity index (χ0) is 17.6. The molecular weight excluding hydrogens is 316 g/mol. The van der Waals surface area contributed by atoms with Gasteiger partial charge in [-0.2, -0.15) is 0 Å². The van der Waals surface area contributed by atoms with Crippen LogP contribution < -0.4 is 20.1 Å². The number of fused-ring (bicyclic) bond motifs is 1. The van der Waals surface area contributed by atoms with Crippen molar-refractivity contribution in [2.45, 2.75) is 38.8 Å². The highest BCUT2D eigenvalue weighted by Gasteiger charge is 2.18. The van der Waals surface area contributed by atoms with E-state index in [-0.39, 0.29) is 24.9 Å². The molecule has 2 aromatic rings. The minimum atomic E-state index is -0.142. The third kappa shape index (κ3) is 4.89. The highest BCUT2D eigenvalue weighted by molar-refractivity contribution is 5.74. The minimum absolute atomic E-state index is 0.0125. The molecule has 2 N–H and O–H groups in total. The summed E-state index contributed by atoms with van der Waals surface area (Å²) in [5, 5.41) is 5.98. The fraction of sp³-hybridized carbons (Fsp3) is 0.350. The van der Waals surface area contributed by atoms with Crippen LogP contribution in [0.25, 0.3) is 0 Å². The van der Waals surface area contributed by atoms with Crippen molar-refractivity contribution >= 4 is 6.03 Å². The standard InChI is InChI=1S/C20H24N2O3/c1-14(2)21-20(23)22-17(10-15-6-4-3-5-7-15)11-16-8-9-18-19(12-16)25-13-24-18/h3-9,12,14,17H,10-11,13H2,1-2H3,(H2,21,22,23)/t17-/m1/s1. The summed E-state index contributed by atoms with van der Waals surface area (Å²) in [6.45, 7) is 4.16. The maximum Gasteiger partial charge on any atom is 0.315 e. The van der Waals surface area contributed by atoms with Gasteiger partial charge in [-0.15, -0.1) is 0 Å². The van der Waals surface area contributed by atoms with Gasteiger partial charge in [-0.25, -0.2) is 4.79 Å². The summed E-state index contributed by atoms with van der Waals surface area (Å²) in [5.41, 5.74) is 2.30. The Morgan fingerprint density at radius 1 is 0.960 bits per heavy atom. The lowest BCUT2D eigenvalue weighted by molar-refractivity contribution is 0.174. The smallest absolute Gasteiger partial charge is 0.315 e. The maximum atomic E-state index is 12.2. The first-order valence-corrected chi connectivity index (χ1v) is 8.59. The molecule has 132 valence electrons. The highest BCUT2D eigenvalue weighted by atomic mass is 16.7. The molecular formula is C20H24N2O3. The average Bonchev–Trinajstić information content (AvgIpc) is 3.02. The molecule has 0 radical (unpaired) electrons. The molecule has 0 saturated heterocycles. The zero-order valence-electron chi connectivity index (χ0n) is 14.6. The second-order valence-electron chi connectivity index (χ2n) is 6.55. The quantitative estimate of drug-likeness (QED) is 0.848. The summed E-state index contributed by atoms with van der Waals surface area (Å²) in [6, 6.07) is 16.1. The Bertz CT molecular complexity index is 716. The molecule has 1 aliphatic rings. The average molecular weight is 340 g/mol. The van der Waals surface area contributed by atoms with Crippen LogP contribution >= 0.6 is 0 Å². The van der Waals surface area contributed by atoms with Crippen molar-refractivity contribution in [2.75, 3.05) is 6.79 Å². The molecule has 0 fully saturated rings. The molecule has 2 amide bonds. The van der Waals surface area contributed by atoms with Crippen molar-refractivity contribution < 1.29 is 14.3 Å². The number of urea groups is 1. The third-order valence-corrected chi connectivity index (χ3v) is 4.00. The number of ether oxygens (including phenoxy) is 2. The van der Waals surface area contributed by atoms with Crippen LogP contribution in [0.4, 0.5) is 4.79 Å². The van der Waals surface area contributed by atoms with Crippen LogP contribution in [0.1, 0.15) is 25.0 Å². The van der Waals surface area contributed by atoms with E-state index in [2.05, 4.69) is 22.8 Å². The number of benzene rings is 2. The van der Waals surface area contributed by atoms with Crippen LogP contribution in [-0.4, -0.2) is 24.9 Å². The van der Waals surface area contributed by atoms with Crippen molar-refractivity contribution in [1.29, 1.82) is 0 Å². The fourth-order valence-electron chi connectivity index (χ4n) is 2.91. The second-order valence-corrected chi connectivity index (χ2v) is 6.55. The largest absolute Gasteiger partial charge is 0.454 e. The van der Waals surface area contributed by atoms with Crippen LogP contribution in [0.15, 0.2) is 48.5 Å². The molecule has 1 aliphatic heterocycles. The van der Waals surface area contributed by atoms with E-state index >= 15 is 0 Å². The van der Waals surface area contributed by atoms with Crippen molar-refractivity contribution in [3.63, 3.8) is 0 Å². The van der Waals surface area contributed by atoms with Gasteiger partial charge in [-0.1, -0.05) is 36.4 Å². The fourth-order valence-corrected chi connectivity index (χ4v) is 2.91. The summed E-state index contributed by atoms with van der Waals surface area (Å²) in [7, 11) is 0. The van der Waals surface area contributed by atoms with Crippen LogP contribution in [0.2, 0.25) is 0 Å². The van der Waals surface area contributed by atoms with Crippen molar-refractivity contribution in [3.05, 3.63) is 59.7 Å². The SMILES string of the molecule is CC(C)NC(=O)N[C@H](Cc1ccccc1)Cc1ccc2c(c1)OCO2. The molecule has 5 nitrogen and oxygen atoms in total. The Morgan fingerprint density at radius 2 is 1.68 bits per heavy atom. The molecule has 0 spiro atoms. The molecule has 1 heterocycles. The Hall–Kier alpha value is -2.69.